The van der Waals surface area contributed by atoms with Gasteiger partial charge in [-0.25, -0.2) is 0 Å². The number of carbonyl (C=O) groups excluding carboxylic acids is 1. The van der Waals surface area contributed by atoms with Crippen LogP contribution in [0, 0.1) is 5.92 Å². The van der Waals surface area contributed by atoms with Gasteiger partial charge in [0.2, 0.25) is 0 Å². The van der Waals surface area contributed by atoms with Crippen LogP contribution in [0.3, 0.4) is 0 Å². The average molecular weight is 477 g/mol. The number of likely N-dealkylation sites (N-methyl/N-ethyl adjacent to an activating group) is 1. The van der Waals surface area contributed by atoms with E-state index in [1.54, 1.807) is 11.3 Å². The minimum absolute atomic E-state index is 0.129. The van der Waals surface area contributed by atoms with Gasteiger partial charge in [0.05, 0.1) is 17.3 Å². The molecule has 1 aliphatic rings. The van der Waals surface area contributed by atoms with Gasteiger partial charge in [-0.3, -0.25) is 9.69 Å². The molecule has 4 aromatic rings. The van der Waals surface area contributed by atoms with E-state index in [1.807, 2.05) is 28.8 Å². The summed E-state index contributed by atoms with van der Waals surface area (Å²) in [6.07, 6.45) is 3.09. The van der Waals surface area contributed by atoms with Crippen LogP contribution in [-0.4, -0.2) is 50.6 Å². The molecule has 0 radical (unpaired) electrons. The number of thiophene rings is 1. The average Bonchev–Trinajstić information content (AvgIpc) is 3.55. The Hall–Kier alpha value is -2.61. The zero-order chi connectivity index (χ0) is 22.6. The summed E-state index contributed by atoms with van der Waals surface area (Å²) in [5.74, 6) is 0.615. The molecule has 1 unspecified atom stereocenters. The van der Waals surface area contributed by atoms with Crippen molar-refractivity contribution in [2.24, 2.45) is 5.92 Å². The highest BCUT2D eigenvalue weighted by Gasteiger charge is 2.32. The number of benzene rings is 2. The number of aromatic nitrogens is 2. The largest absolute Gasteiger partial charge is 0.338 e. The van der Waals surface area contributed by atoms with Gasteiger partial charge in [0.25, 0.3) is 5.91 Å². The summed E-state index contributed by atoms with van der Waals surface area (Å²) in [5.41, 5.74) is 5.35. The van der Waals surface area contributed by atoms with Crippen LogP contribution in [0.25, 0.3) is 11.0 Å². The molecule has 0 aliphatic carbocycles. The van der Waals surface area contributed by atoms with Gasteiger partial charge in [-0.2, -0.15) is 20.1 Å². The third kappa shape index (κ3) is 5.16. The second-order valence-electron chi connectivity index (χ2n) is 8.89. The molecule has 170 valence electrons. The van der Waals surface area contributed by atoms with E-state index in [2.05, 4.69) is 62.2 Å². The molecule has 1 fully saturated rings. The van der Waals surface area contributed by atoms with E-state index in [-0.39, 0.29) is 11.9 Å². The maximum absolute atomic E-state index is 13.2. The van der Waals surface area contributed by atoms with Crippen molar-refractivity contribution < 1.29 is 4.79 Å². The molecular weight excluding hydrogens is 448 g/mol. The van der Waals surface area contributed by atoms with Crippen LogP contribution in [0.15, 0.2) is 65.4 Å². The van der Waals surface area contributed by atoms with Crippen LogP contribution in [-0.2, 0) is 13.0 Å². The Morgan fingerprint density at radius 3 is 2.61 bits per heavy atom. The first-order chi connectivity index (χ1) is 16.2. The van der Waals surface area contributed by atoms with Gasteiger partial charge in [0.15, 0.2) is 0 Å². The highest BCUT2D eigenvalue weighted by molar-refractivity contribution is 7.08. The first-order valence-corrected chi connectivity index (χ1v) is 13.1. The monoisotopic (exact) mass is 476 g/mol. The quantitative estimate of drug-likeness (QED) is 0.361. The number of carbonyl (C=O) groups is 1. The van der Waals surface area contributed by atoms with Gasteiger partial charge < -0.3 is 4.90 Å². The molecule has 1 aliphatic heterocycles. The van der Waals surface area contributed by atoms with Crippen LogP contribution >= 0.6 is 23.1 Å². The van der Waals surface area contributed by atoms with Crippen LogP contribution in [0.2, 0.25) is 0 Å². The zero-order valence-electron chi connectivity index (χ0n) is 18.8. The van der Waals surface area contributed by atoms with Gasteiger partial charge in [0, 0.05) is 25.0 Å². The van der Waals surface area contributed by atoms with Crippen LogP contribution in [0.5, 0.6) is 0 Å². The molecule has 7 heteroatoms. The molecule has 0 spiro atoms. The maximum atomic E-state index is 13.2. The molecule has 1 saturated heterocycles. The second-order valence-corrected chi connectivity index (χ2v) is 10.2. The van der Waals surface area contributed by atoms with Gasteiger partial charge in [0.1, 0.15) is 11.0 Å². The summed E-state index contributed by atoms with van der Waals surface area (Å²) in [6, 6.07) is 19.1. The number of hydrogen-bond acceptors (Lipinski definition) is 6. The van der Waals surface area contributed by atoms with E-state index in [0.29, 0.717) is 5.92 Å². The Morgan fingerprint density at radius 2 is 1.85 bits per heavy atom. The fraction of sp³-hybridized carbons (Fsp3) is 0.346. The lowest BCUT2D eigenvalue weighted by molar-refractivity contribution is 0.0585. The Labute approximate surface area is 203 Å². The van der Waals surface area contributed by atoms with Gasteiger partial charge in [-0.15, -0.1) is 0 Å². The fourth-order valence-corrected chi connectivity index (χ4v) is 6.04. The predicted octanol–water partition coefficient (Wildman–Crippen LogP) is 5.35. The Morgan fingerprint density at radius 1 is 1.06 bits per heavy atom. The minimum atomic E-state index is 0.129. The molecular formula is C26H28N4OS2. The van der Waals surface area contributed by atoms with Gasteiger partial charge in [-0.1, -0.05) is 36.4 Å². The summed E-state index contributed by atoms with van der Waals surface area (Å²) in [6.45, 7) is 3.03. The molecule has 0 saturated carbocycles. The molecule has 1 atom stereocenters. The zero-order valence-corrected chi connectivity index (χ0v) is 20.4. The molecule has 2 aromatic carbocycles. The lowest BCUT2D eigenvalue weighted by Crippen LogP contribution is -2.47. The van der Waals surface area contributed by atoms with E-state index in [4.69, 9.17) is 0 Å². The first kappa shape index (κ1) is 22.2. The SMILES string of the molecule is CN(C(=O)c1ccsc1)C(Cc1ccccc1)C1CCN(Cc2ccc3nsnc3c2)CC1. The standard InChI is InChI=1S/C26H28N4OS2/c1-29(26(31)22-11-14-32-18-22)25(16-19-5-3-2-4-6-19)21-9-12-30(13-10-21)17-20-7-8-23-24(15-20)28-33-27-23/h2-8,11,14-15,18,21,25H,9-10,12-13,16-17H2,1H3. The molecule has 0 N–H and O–H groups in total. The normalized spacial score (nSPS) is 16.2. The molecule has 5 nitrogen and oxygen atoms in total. The predicted molar refractivity (Wildman–Crippen MR) is 136 cm³/mol. The smallest absolute Gasteiger partial charge is 0.254 e. The maximum Gasteiger partial charge on any atom is 0.254 e. The van der Waals surface area contributed by atoms with Crippen molar-refractivity contribution in [2.45, 2.75) is 31.8 Å². The van der Waals surface area contributed by atoms with Crippen molar-refractivity contribution in [1.29, 1.82) is 0 Å². The summed E-state index contributed by atoms with van der Waals surface area (Å²) in [4.78, 5) is 17.7. The van der Waals surface area contributed by atoms with Crippen LogP contribution in [0.4, 0.5) is 0 Å². The summed E-state index contributed by atoms with van der Waals surface area (Å²) in [7, 11) is 1.98. The van der Waals surface area contributed by atoms with E-state index in [9.17, 15) is 4.79 Å². The highest BCUT2D eigenvalue weighted by Crippen LogP contribution is 2.28. The van der Waals surface area contributed by atoms with E-state index < -0.39 is 0 Å². The molecule has 2 aromatic heterocycles. The molecule has 0 bridgehead atoms. The number of piperidine rings is 1. The molecule has 3 heterocycles. The lowest BCUT2D eigenvalue weighted by atomic mass is 9.84. The third-order valence-electron chi connectivity index (χ3n) is 6.77. The first-order valence-electron chi connectivity index (χ1n) is 11.4. The number of nitrogens with zero attached hydrogens (tertiary/aromatic N) is 4. The van der Waals surface area contributed by atoms with E-state index in [1.165, 1.54) is 22.9 Å². The number of likely N-dealkylation sites (tertiary alicyclic amines) is 1. The van der Waals surface area contributed by atoms with Crippen LogP contribution in [0.1, 0.15) is 34.3 Å². The van der Waals surface area contributed by atoms with Crippen molar-refractivity contribution in [2.75, 3.05) is 20.1 Å². The molecule has 5 rings (SSSR count). The third-order valence-corrected chi connectivity index (χ3v) is 8.01. The Balaban J connectivity index is 1.27. The second kappa shape index (κ2) is 10.1. The number of amides is 1. The Kier molecular flexibility index (Phi) is 6.80. The summed E-state index contributed by atoms with van der Waals surface area (Å²) in [5, 5.41) is 3.93. The highest BCUT2D eigenvalue weighted by atomic mass is 32.1. The fourth-order valence-electron chi connectivity index (χ4n) is 4.90. The number of hydrogen-bond donors (Lipinski definition) is 0. The minimum Gasteiger partial charge on any atom is -0.338 e. The number of fused-ring (bicyclic) bond motifs is 1. The lowest BCUT2D eigenvalue weighted by Gasteiger charge is -2.40. The Bertz CT molecular complexity index is 1180. The van der Waals surface area contributed by atoms with Crippen LogP contribution < -0.4 is 0 Å². The van der Waals surface area contributed by atoms with Crippen molar-refractivity contribution in [3.63, 3.8) is 0 Å². The van der Waals surface area contributed by atoms with E-state index >= 15 is 0 Å². The summed E-state index contributed by atoms with van der Waals surface area (Å²) < 4.78 is 8.68. The topological polar surface area (TPSA) is 49.3 Å². The number of rotatable bonds is 7. The summed E-state index contributed by atoms with van der Waals surface area (Å²) >= 11 is 2.85. The van der Waals surface area contributed by atoms with Gasteiger partial charge in [-0.05, 0) is 73.0 Å². The van der Waals surface area contributed by atoms with Crippen molar-refractivity contribution in [1.82, 2.24) is 18.5 Å². The van der Waals surface area contributed by atoms with Crippen molar-refractivity contribution >= 4 is 40.0 Å². The molecule has 1 amide bonds. The molecule has 33 heavy (non-hydrogen) atoms. The van der Waals surface area contributed by atoms with Crippen molar-refractivity contribution in [3.8, 4) is 0 Å². The van der Waals surface area contributed by atoms with Gasteiger partial charge >= 0.3 is 0 Å². The van der Waals surface area contributed by atoms with Crippen molar-refractivity contribution in [3.05, 3.63) is 82.0 Å². The van der Waals surface area contributed by atoms with E-state index in [0.717, 1.165) is 55.5 Å².